The molecule has 0 aromatic carbocycles. The van der Waals surface area contributed by atoms with E-state index in [1.165, 1.54) is 0 Å². The molecule has 0 saturated heterocycles. The largest absolute Gasteiger partial charge is 0.481 e. The Morgan fingerprint density at radius 1 is 0.880 bits per heavy atom. The average molecular weight is 391 g/mol. The minimum atomic E-state index is -0.843. The van der Waals surface area contributed by atoms with Crippen molar-refractivity contribution in [2.75, 3.05) is 0 Å². The highest BCUT2D eigenvalue weighted by atomic mass is 28.2. The Morgan fingerprint density at radius 3 is 1.44 bits per heavy atom. The molecule has 0 atom stereocenters. The Balaban J connectivity index is 7.23. The van der Waals surface area contributed by atoms with Crippen LogP contribution in [0.3, 0.4) is 0 Å². The van der Waals surface area contributed by atoms with Gasteiger partial charge >= 0.3 is 11.9 Å². The van der Waals surface area contributed by atoms with Crippen LogP contribution in [0.15, 0.2) is 0 Å². The zero-order valence-corrected chi connectivity index (χ0v) is 21.6. The number of carbonyl (C=O) groups is 2. The lowest BCUT2D eigenvalue weighted by Gasteiger charge is -2.65. The van der Waals surface area contributed by atoms with Crippen LogP contribution in [-0.2, 0) is 14.5 Å². The fourth-order valence-corrected chi connectivity index (χ4v) is 9.90. The first-order valence-corrected chi connectivity index (χ1v) is 11.2. The predicted molar refractivity (Wildman–Crippen MR) is 108 cm³/mol. The molecule has 2 N–H and O–H groups in total. The summed E-state index contributed by atoms with van der Waals surface area (Å²) in [7, 11) is 1.00. The van der Waals surface area contributed by atoms with Crippen molar-refractivity contribution in [1.82, 2.24) is 0 Å². The van der Waals surface area contributed by atoms with Gasteiger partial charge in [-0.15, -0.1) is 0 Å². The predicted octanol–water partition coefficient (Wildman–Crippen LogP) is 1.92. The molecule has 0 unspecified atom stereocenters. The highest BCUT2D eigenvalue weighted by molar-refractivity contribution is 6.50. The Morgan fingerprint density at radius 2 is 1.24 bits per heavy atom. The van der Waals surface area contributed by atoms with Crippen molar-refractivity contribution in [3.63, 3.8) is 0 Å². The first-order valence-electron chi connectivity index (χ1n) is 9.25. The molecule has 0 heterocycles. The topological polar surface area (TPSA) is 83.8 Å². The highest BCUT2D eigenvalue weighted by Crippen LogP contribution is 2.68. The van der Waals surface area contributed by atoms with Crippen molar-refractivity contribution in [3.05, 3.63) is 0 Å². The fraction of sp³-hybridized carbons (Fsp3) is 0.889. The van der Waals surface area contributed by atoms with E-state index in [4.69, 9.17) is 0 Å². The molecular formula is C18H38O5Si2. The lowest BCUT2D eigenvalue weighted by molar-refractivity contribution is -0.246. The van der Waals surface area contributed by atoms with E-state index in [9.17, 15) is 20.0 Å². The van der Waals surface area contributed by atoms with Crippen LogP contribution in [0.25, 0.3) is 0 Å². The maximum absolute atomic E-state index is 12.7. The molecule has 148 valence electrons. The second-order valence-corrected chi connectivity index (χ2v) is 15.1. The maximum Gasteiger partial charge on any atom is 0.341 e. The second kappa shape index (κ2) is 8.35. The molecule has 25 heavy (non-hydrogen) atoms. The molecule has 0 amide bonds. The molecule has 0 aliphatic carbocycles. The van der Waals surface area contributed by atoms with Gasteiger partial charge in [-0.25, -0.2) is 4.79 Å². The van der Waals surface area contributed by atoms with Crippen LogP contribution in [0.4, 0.5) is 0 Å². The van der Waals surface area contributed by atoms with Gasteiger partial charge in [0.1, 0.15) is 0 Å². The first kappa shape index (κ1) is 24.3. The molecule has 0 aliphatic rings. The van der Waals surface area contributed by atoms with E-state index in [-0.39, 0.29) is 30.1 Å². The smallest absolute Gasteiger partial charge is 0.341 e. The lowest BCUT2D eigenvalue weighted by atomic mass is 9.43. The van der Waals surface area contributed by atoms with Crippen molar-refractivity contribution < 1.29 is 24.8 Å². The number of rotatable bonds is 9. The van der Waals surface area contributed by atoms with Gasteiger partial charge in [-0.3, -0.25) is 4.79 Å². The van der Waals surface area contributed by atoms with E-state index < -0.39 is 27.4 Å². The van der Waals surface area contributed by atoms with E-state index >= 15 is 0 Å². The quantitative estimate of drug-likeness (QED) is 0.357. The van der Waals surface area contributed by atoms with Crippen LogP contribution >= 0.6 is 0 Å². The van der Waals surface area contributed by atoms with E-state index in [1.807, 2.05) is 0 Å². The molecule has 0 rings (SSSR count). The van der Waals surface area contributed by atoms with E-state index in [1.54, 1.807) is 0 Å². The summed E-state index contributed by atoms with van der Waals surface area (Å²) in [6.07, 6.45) is 0.00360. The Bertz CT molecular complexity index is 468. The monoisotopic (exact) mass is 390 g/mol. The summed E-state index contributed by atoms with van der Waals surface area (Å²) in [5.41, 5.74) is -1.18. The summed E-state index contributed by atoms with van der Waals surface area (Å²) in [6, 6.07) is 0. The molecule has 0 aliphatic heterocycles. The second-order valence-electron chi connectivity index (χ2n) is 9.10. The van der Waals surface area contributed by atoms with Crippen molar-refractivity contribution in [2.24, 2.45) is 34.5 Å². The third kappa shape index (κ3) is 3.60. The van der Waals surface area contributed by atoms with Crippen LogP contribution in [0.2, 0.25) is 4.66 Å². The number of carbonyl (C=O) groups excluding carboxylic acids is 1. The summed E-state index contributed by atoms with van der Waals surface area (Å²) >= 11 is 0. The Labute approximate surface area is 158 Å². The highest BCUT2D eigenvalue weighted by Gasteiger charge is 2.67. The van der Waals surface area contributed by atoms with E-state index in [0.717, 1.165) is 0 Å². The molecular weight excluding hydrogens is 352 g/mol. The molecule has 0 aromatic heterocycles. The van der Waals surface area contributed by atoms with Gasteiger partial charge in [0, 0.05) is 25.1 Å². The summed E-state index contributed by atoms with van der Waals surface area (Å²) in [4.78, 5) is 28.9. The zero-order chi connectivity index (χ0) is 20.4. The van der Waals surface area contributed by atoms with Crippen molar-refractivity contribution in [2.45, 2.75) is 66.5 Å². The van der Waals surface area contributed by atoms with Gasteiger partial charge in [-0.1, -0.05) is 55.4 Å². The van der Waals surface area contributed by atoms with Gasteiger partial charge in [0.2, 0.25) is 0 Å². The van der Waals surface area contributed by atoms with Gasteiger partial charge in [0.25, 0.3) is 0 Å². The summed E-state index contributed by atoms with van der Waals surface area (Å²) in [5, 5.41) is 19.0. The molecule has 7 heteroatoms. The number of carboxylic acids is 1. The third-order valence-electron chi connectivity index (χ3n) is 6.72. The summed E-state index contributed by atoms with van der Waals surface area (Å²) < 4.78 is -0.798. The Hall–Kier alpha value is -0.666. The molecule has 5 nitrogen and oxygen atoms in total. The van der Waals surface area contributed by atoms with Crippen LogP contribution in [0.5, 0.6) is 0 Å². The molecule has 0 spiro atoms. The van der Waals surface area contributed by atoms with Crippen LogP contribution < -0.4 is 0 Å². The minimum Gasteiger partial charge on any atom is -0.481 e. The number of hydrogen-bond acceptors (Lipinski definition) is 4. The van der Waals surface area contributed by atoms with Crippen LogP contribution in [0, 0.1) is 34.5 Å². The molecule has 0 aromatic rings. The van der Waals surface area contributed by atoms with Gasteiger partial charge in [0.05, 0.1) is 6.42 Å². The molecule has 0 saturated carbocycles. The summed E-state index contributed by atoms with van der Waals surface area (Å²) in [5.74, 6) is -1.20. The van der Waals surface area contributed by atoms with Crippen LogP contribution in [0.1, 0.15) is 61.8 Å². The normalized spacial score (nSPS) is 16.0. The molecule has 0 fully saturated rings. The minimum absolute atomic E-state index is 0.00360. The van der Waals surface area contributed by atoms with Gasteiger partial charge in [-0.2, -0.15) is 5.26 Å². The SMILES string of the molecule is CC(C)C(CC(=O)O)(C(C)C)C(C(C)C)(C(C)C)C([SiH3])([SiH3])C(=O)OO. The standard InChI is InChI=1S/C18H38O5Si2/c1-10(2)16(11(3)4,9-14(19)20)17(12(5)6,13(7)8)18(24,25)15(21)23-22/h10-13,22H,9H2,1-8,24-25H3,(H,19,20). The average Bonchev–Trinajstić information content (AvgIpc) is 2.43. The Kier molecular flexibility index (Phi) is 8.13. The van der Waals surface area contributed by atoms with Crippen LogP contribution in [-0.4, -0.2) is 42.8 Å². The number of aliphatic carboxylic acids is 1. The van der Waals surface area contributed by atoms with Crippen molar-refractivity contribution in [1.29, 1.82) is 0 Å². The van der Waals surface area contributed by atoms with Gasteiger partial charge < -0.3 is 9.99 Å². The lowest BCUT2D eigenvalue weighted by Crippen LogP contribution is -2.64. The number of carboxylic acid groups (broad SMARTS) is 1. The zero-order valence-electron chi connectivity index (χ0n) is 17.6. The fourth-order valence-electron chi connectivity index (χ4n) is 6.48. The van der Waals surface area contributed by atoms with Gasteiger partial charge in [0.15, 0.2) is 0 Å². The first-order chi connectivity index (χ1) is 11.2. The molecule has 0 radical (unpaired) electrons. The third-order valence-corrected chi connectivity index (χ3v) is 9.19. The van der Waals surface area contributed by atoms with E-state index in [0.29, 0.717) is 20.5 Å². The number of hydrogen-bond donors (Lipinski definition) is 2. The maximum atomic E-state index is 12.7. The van der Waals surface area contributed by atoms with E-state index in [2.05, 4.69) is 60.3 Å². The van der Waals surface area contributed by atoms with Crippen molar-refractivity contribution >= 4 is 32.4 Å². The molecule has 0 bridgehead atoms. The van der Waals surface area contributed by atoms with Gasteiger partial charge in [-0.05, 0) is 34.5 Å². The summed E-state index contributed by atoms with van der Waals surface area (Å²) in [6.45, 7) is 16.6. The van der Waals surface area contributed by atoms with Crippen molar-refractivity contribution in [3.8, 4) is 0 Å².